The van der Waals surface area contributed by atoms with Gasteiger partial charge in [0.2, 0.25) is 5.91 Å². The van der Waals surface area contributed by atoms with E-state index in [9.17, 15) is 4.79 Å². The van der Waals surface area contributed by atoms with Crippen molar-refractivity contribution in [1.29, 1.82) is 0 Å². The van der Waals surface area contributed by atoms with Crippen LogP contribution in [0.15, 0.2) is 73.1 Å². The van der Waals surface area contributed by atoms with Crippen LogP contribution in [0.5, 0.6) is 0 Å². The van der Waals surface area contributed by atoms with Gasteiger partial charge in [0.05, 0.1) is 0 Å². The van der Waals surface area contributed by atoms with E-state index in [0.717, 1.165) is 19.3 Å². The van der Waals surface area contributed by atoms with Gasteiger partial charge in [0.25, 0.3) is 0 Å². The lowest BCUT2D eigenvalue weighted by Gasteiger charge is -2.32. The molecule has 0 radical (unpaired) electrons. The van der Waals surface area contributed by atoms with E-state index in [-0.39, 0.29) is 11.3 Å². The second-order valence-corrected chi connectivity index (χ2v) is 7.03. The predicted octanol–water partition coefficient (Wildman–Crippen LogP) is 4.25. The molecule has 0 saturated carbocycles. The fourth-order valence-electron chi connectivity index (χ4n) is 4.38. The molecular formula is C23H22N2O. The number of primary amides is 1. The zero-order valence-electron chi connectivity index (χ0n) is 14.7. The molecule has 1 aromatic heterocycles. The maximum Gasteiger partial charge on any atom is 0.217 e. The third-order valence-corrected chi connectivity index (χ3v) is 5.46. The van der Waals surface area contributed by atoms with Crippen LogP contribution in [0.1, 0.15) is 36.0 Å². The molecule has 3 aromatic rings. The van der Waals surface area contributed by atoms with Crippen molar-refractivity contribution in [1.82, 2.24) is 4.98 Å². The first kappa shape index (κ1) is 16.5. The number of aromatic nitrogens is 1. The fraction of sp³-hybridized carbons (Fsp3) is 0.217. The molecule has 0 spiro atoms. The Kier molecular flexibility index (Phi) is 4.29. The number of nitrogens with two attached hydrogens (primary N) is 1. The van der Waals surface area contributed by atoms with E-state index in [1.807, 2.05) is 12.4 Å². The zero-order chi connectivity index (χ0) is 18.0. The summed E-state index contributed by atoms with van der Waals surface area (Å²) >= 11 is 0. The largest absolute Gasteiger partial charge is 0.370 e. The highest BCUT2D eigenvalue weighted by atomic mass is 16.1. The minimum absolute atomic E-state index is 0.135. The molecule has 0 bridgehead atoms. The summed E-state index contributed by atoms with van der Waals surface area (Å²) in [4.78, 5) is 15.5. The summed E-state index contributed by atoms with van der Waals surface area (Å²) in [6, 6.07) is 21.5. The Labute approximate surface area is 153 Å². The van der Waals surface area contributed by atoms with Crippen LogP contribution in [0.2, 0.25) is 0 Å². The Hall–Kier alpha value is -2.94. The maximum absolute atomic E-state index is 11.3. The summed E-state index contributed by atoms with van der Waals surface area (Å²) in [6.07, 6.45) is 6.68. The first-order chi connectivity index (χ1) is 12.7. The van der Waals surface area contributed by atoms with Gasteiger partial charge < -0.3 is 5.73 Å². The van der Waals surface area contributed by atoms with Crippen molar-refractivity contribution in [2.75, 3.05) is 0 Å². The number of hydrogen-bond acceptors (Lipinski definition) is 2. The predicted molar refractivity (Wildman–Crippen MR) is 104 cm³/mol. The topological polar surface area (TPSA) is 56.0 Å². The number of rotatable bonds is 6. The standard InChI is InChI=1S/C23H22N2O/c24-22(26)10-5-13-23(16-17-11-14-25-15-12-17)20-8-3-1-6-18(20)19-7-2-4-9-21(19)23/h1-4,6-9,11-12,14-15H,5,10,13,16H2,(H2,24,26). The highest BCUT2D eigenvalue weighted by Gasteiger charge is 2.42. The molecule has 1 heterocycles. The van der Waals surface area contributed by atoms with Crippen LogP contribution < -0.4 is 5.73 Å². The quantitative estimate of drug-likeness (QED) is 0.728. The second kappa shape index (κ2) is 6.75. The summed E-state index contributed by atoms with van der Waals surface area (Å²) < 4.78 is 0. The van der Waals surface area contributed by atoms with Gasteiger partial charge >= 0.3 is 0 Å². The lowest BCUT2D eigenvalue weighted by atomic mass is 9.70. The van der Waals surface area contributed by atoms with E-state index in [0.29, 0.717) is 6.42 Å². The molecule has 2 N–H and O–H groups in total. The Morgan fingerprint density at radius 3 is 2.04 bits per heavy atom. The summed E-state index contributed by atoms with van der Waals surface area (Å²) in [6.45, 7) is 0. The number of amides is 1. The molecule has 3 heteroatoms. The minimum Gasteiger partial charge on any atom is -0.370 e. The van der Waals surface area contributed by atoms with Gasteiger partial charge in [-0.05, 0) is 59.2 Å². The third kappa shape index (κ3) is 2.80. The van der Waals surface area contributed by atoms with Gasteiger partial charge in [-0.25, -0.2) is 0 Å². The Bertz CT molecular complexity index is 888. The molecule has 0 atom stereocenters. The number of fused-ring (bicyclic) bond motifs is 3. The van der Waals surface area contributed by atoms with Crippen LogP contribution >= 0.6 is 0 Å². The van der Waals surface area contributed by atoms with Crippen LogP contribution in [0.4, 0.5) is 0 Å². The van der Waals surface area contributed by atoms with E-state index >= 15 is 0 Å². The number of carbonyl (C=O) groups is 1. The van der Waals surface area contributed by atoms with Crippen molar-refractivity contribution in [3.05, 3.63) is 89.7 Å². The first-order valence-corrected chi connectivity index (χ1v) is 9.07. The average molecular weight is 342 g/mol. The van der Waals surface area contributed by atoms with E-state index in [4.69, 9.17) is 5.73 Å². The molecule has 0 saturated heterocycles. The Balaban J connectivity index is 1.85. The molecular weight excluding hydrogens is 320 g/mol. The molecule has 0 aliphatic heterocycles. The van der Waals surface area contributed by atoms with Gasteiger partial charge in [-0.1, -0.05) is 48.5 Å². The highest BCUT2D eigenvalue weighted by Crippen LogP contribution is 2.52. The third-order valence-electron chi connectivity index (χ3n) is 5.46. The fourth-order valence-corrected chi connectivity index (χ4v) is 4.38. The average Bonchev–Trinajstić information content (AvgIpc) is 2.93. The molecule has 0 unspecified atom stereocenters. The van der Waals surface area contributed by atoms with Crippen molar-refractivity contribution in [3.8, 4) is 11.1 Å². The molecule has 1 aliphatic carbocycles. The van der Waals surface area contributed by atoms with Crippen LogP contribution in [-0.2, 0) is 16.6 Å². The van der Waals surface area contributed by atoms with Crippen LogP contribution in [0.25, 0.3) is 11.1 Å². The van der Waals surface area contributed by atoms with Crippen LogP contribution in [-0.4, -0.2) is 10.9 Å². The van der Waals surface area contributed by atoms with E-state index in [1.165, 1.54) is 27.8 Å². The van der Waals surface area contributed by atoms with Gasteiger partial charge in [-0.15, -0.1) is 0 Å². The van der Waals surface area contributed by atoms with E-state index in [2.05, 4.69) is 65.6 Å². The zero-order valence-corrected chi connectivity index (χ0v) is 14.7. The number of nitrogens with zero attached hydrogens (tertiary/aromatic N) is 1. The highest BCUT2D eigenvalue weighted by molar-refractivity contribution is 5.81. The number of carbonyl (C=O) groups excluding carboxylic acids is 1. The summed E-state index contributed by atoms with van der Waals surface area (Å²) in [7, 11) is 0. The summed E-state index contributed by atoms with van der Waals surface area (Å²) in [5, 5.41) is 0. The lowest BCUT2D eigenvalue weighted by molar-refractivity contribution is -0.118. The van der Waals surface area contributed by atoms with Crippen molar-refractivity contribution in [2.24, 2.45) is 5.73 Å². The monoisotopic (exact) mass is 342 g/mol. The first-order valence-electron chi connectivity index (χ1n) is 9.07. The van der Waals surface area contributed by atoms with Crippen molar-refractivity contribution < 1.29 is 4.79 Å². The van der Waals surface area contributed by atoms with Gasteiger partial charge in [0.1, 0.15) is 0 Å². The summed E-state index contributed by atoms with van der Waals surface area (Å²) in [5.74, 6) is -0.233. The van der Waals surface area contributed by atoms with Crippen molar-refractivity contribution in [3.63, 3.8) is 0 Å². The Morgan fingerprint density at radius 1 is 0.885 bits per heavy atom. The number of benzene rings is 2. The second-order valence-electron chi connectivity index (χ2n) is 7.03. The minimum atomic E-state index is -0.233. The van der Waals surface area contributed by atoms with E-state index < -0.39 is 0 Å². The van der Waals surface area contributed by atoms with Gasteiger partial charge in [-0.3, -0.25) is 9.78 Å². The molecule has 1 amide bonds. The van der Waals surface area contributed by atoms with Crippen LogP contribution in [0, 0.1) is 0 Å². The van der Waals surface area contributed by atoms with Gasteiger partial charge in [-0.2, -0.15) is 0 Å². The van der Waals surface area contributed by atoms with Crippen molar-refractivity contribution >= 4 is 5.91 Å². The molecule has 130 valence electrons. The lowest BCUT2D eigenvalue weighted by Crippen LogP contribution is -2.29. The number of hydrogen-bond donors (Lipinski definition) is 1. The summed E-state index contributed by atoms with van der Waals surface area (Å²) in [5.41, 5.74) is 11.8. The molecule has 2 aromatic carbocycles. The SMILES string of the molecule is NC(=O)CCCC1(Cc2ccncc2)c2ccccc2-c2ccccc21. The molecule has 0 fully saturated rings. The van der Waals surface area contributed by atoms with Gasteiger partial charge in [0, 0.05) is 24.2 Å². The van der Waals surface area contributed by atoms with Crippen LogP contribution in [0.3, 0.4) is 0 Å². The van der Waals surface area contributed by atoms with Gasteiger partial charge in [0.15, 0.2) is 0 Å². The normalized spacial score (nSPS) is 13.8. The van der Waals surface area contributed by atoms with E-state index in [1.54, 1.807) is 0 Å². The molecule has 1 aliphatic rings. The van der Waals surface area contributed by atoms with Crippen molar-refractivity contribution in [2.45, 2.75) is 31.1 Å². The smallest absolute Gasteiger partial charge is 0.217 e. The Morgan fingerprint density at radius 2 is 1.46 bits per heavy atom. The maximum atomic E-state index is 11.3. The molecule has 3 nitrogen and oxygen atoms in total. The molecule has 26 heavy (non-hydrogen) atoms. The number of pyridine rings is 1. The molecule has 4 rings (SSSR count).